The number of ether oxygens (including phenoxy) is 3. The highest BCUT2D eigenvalue weighted by molar-refractivity contribution is 7.99. The molecule has 1 unspecified atom stereocenters. The summed E-state index contributed by atoms with van der Waals surface area (Å²) in [6, 6.07) is 20.9. The summed E-state index contributed by atoms with van der Waals surface area (Å²) in [5.41, 5.74) is 4.86. The number of benzene rings is 3. The minimum absolute atomic E-state index is 0.273. The van der Waals surface area contributed by atoms with E-state index in [2.05, 4.69) is 48.7 Å². The van der Waals surface area contributed by atoms with Crippen LogP contribution in [0.2, 0.25) is 0 Å². The first-order valence-electron chi connectivity index (χ1n) is 14.5. The Morgan fingerprint density at radius 1 is 0.930 bits per heavy atom. The van der Waals surface area contributed by atoms with Crippen LogP contribution in [0.3, 0.4) is 0 Å². The molecule has 0 bridgehead atoms. The summed E-state index contributed by atoms with van der Waals surface area (Å²) in [6.07, 6.45) is 0. The summed E-state index contributed by atoms with van der Waals surface area (Å²) in [5.74, 6) is 2.94. The van der Waals surface area contributed by atoms with Crippen molar-refractivity contribution in [3.63, 3.8) is 0 Å². The third-order valence-corrected chi connectivity index (χ3v) is 7.60. The molecule has 0 radical (unpaired) electrons. The fourth-order valence-electron chi connectivity index (χ4n) is 4.89. The minimum Gasteiger partial charge on any atom is -0.492 e. The number of rotatable bonds is 12. The number of hydrogen-bond donors (Lipinski definition) is 2. The van der Waals surface area contributed by atoms with Crippen molar-refractivity contribution in [1.29, 1.82) is 0 Å². The van der Waals surface area contributed by atoms with Crippen molar-refractivity contribution in [1.82, 2.24) is 14.8 Å². The number of hydrogen-bond acceptors (Lipinski definition) is 8. The molecule has 5 rings (SSSR count). The zero-order valence-electron chi connectivity index (χ0n) is 25.1. The molecule has 43 heavy (non-hydrogen) atoms. The highest BCUT2D eigenvalue weighted by Crippen LogP contribution is 2.40. The number of anilines is 2. The zero-order valence-corrected chi connectivity index (χ0v) is 26.0. The smallest absolute Gasteiger partial charge is 0.255 e. The number of thioether (sulfide) groups is 1. The SMILES string of the molecule is CCOc1ccccc1NC(=O)C1=C(C)Nc2nc(SCC)nn2C1c1ccc(OCc2ccc(C)cc2)c(OCC)c1. The summed E-state index contributed by atoms with van der Waals surface area (Å²) < 4.78 is 19.8. The van der Waals surface area contributed by atoms with Crippen LogP contribution in [0, 0.1) is 6.92 Å². The van der Waals surface area contributed by atoms with Gasteiger partial charge in [-0.05, 0) is 68.8 Å². The van der Waals surface area contributed by atoms with Crippen LogP contribution >= 0.6 is 11.8 Å². The number of nitrogens with one attached hydrogen (secondary N) is 2. The molecule has 0 saturated heterocycles. The average Bonchev–Trinajstić information content (AvgIpc) is 3.40. The molecule has 1 aliphatic rings. The molecule has 0 saturated carbocycles. The normalized spacial score (nSPS) is 14.1. The van der Waals surface area contributed by atoms with Gasteiger partial charge in [-0.3, -0.25) is 4.79 Å². The Morgan fingerprint density at radius 3 is 2.42 bits per heavy atom. The van der Waals surface area contributed by atoms with Crippen molar-refractivity contribution in [2.75, 3.05) is 29.6 Å². The molecule has 2 N–H and O–H groups in total. The van der Waals surface area contributed by atoms with Gasteiger partial charge < -0.3 is 24.8 Å². The molecule has 1 aliphatic heterocycles. The van der Waals surface area contributed by atoms with Gasteiger partial charge in [-0.2, -0.15) is 4.98 Å². The maximum absolute atomic E-state index is 14.0. The quantitative estimate of drug-likeness (QED) is 0.168. The number of carbonyl (C=O) groups is 1. The molecular formula is C33H37N5O4S. The van der Waals surface area contributed by atoms with Gasteiger partial charge in [-0.15, -0.1) is 5.10 Å². The van der Waals surface area contributed by atoms with Gasteiger partial charge in [0.05, 0.1) is 24.5 Å². The first-order chi connectivity index (χ1) is 20.9. The Kier molecular flexibility index (Phi) is 9.56. The van der Waals surface area contributed by atoms with E-state index in [9.17, 15) is 4.79 Å². The van der Waals surface area contributed by atoms with E-state index in [4.69, 9.17) is 24.3 Å². The molecule has 1 aromatic heterocycles. The number of fused-ring (bicyclic) bond motifs is 1. The molecular weight excluding hydrogens is 562 g/mol. The summed E-state index contributed by atoms with van der Waals surface area (Å²) in [5, 5.41) is 11.8. The lowest BCUT2D eigenvalue weighted by atomic mass is 9.94. The molecule has 10 heteroatoms. The third kappa shape index (κ3) is 6.80. The van der Waals surface area contributed by atoms with E-state index in [-0.39, 0.29) is 5.91 Å². The van der Waals surface area contributed by atoms with Gasteiger partial charge >= 0.3 is 0 Å². The van der Waals surface area contributed by atoms with E-state index < -0.39 is 6.04 Å². The topological polar surface area (TPSA) is 99.5 Å². The highest BCUT2D eigenvalue weighted by Gasteiger charge is 2.35. The number of carbonyl (C=O) groups excluding carboxylic acids is 1. The number of nitrogens with zero attached hydrogens (tertiary/aromatic N) is 3. The lowest BCUT2D eigenvalue weighted by Gasteiger charge is -2.29. The Balaban J connectivity index is 1.53. The fourth-order valence-corrected chi connectivity index (χ4v) is 5.45. The van der Waals surface area contributed by atoms with E-state index in [1.165, 1.54) is 5.56 Å². The first kappa shape index (κ1) is 30.0. The van der Waals surface area contributed by atoms with Gasteiger partial charge in [0.15, 0.2) is 11.5 Å². The standard InChI is InChI=1S/C33H37N5O4S/c1-6-40-26-12-10-9-11-25(26)35-31(39)29-22(5)34-32-36-33(43-8-3)37-38(32)30(29)24-17-18-27(28(19-24)41-7-2)42-20-23-15-13-21(4)14-16-23/h9-19,30H,6-8,20H2,1-5H3,(H,35,39)(H,34,36,37). The maximum atomic E-state index is 14.0. The predicted octanol–water partition coefficient (Wildman–Crippen LogP) is 7.00. The van der Waals surface area contributed by atoms with E-state index in [1.807, 2.05) is 63.2 Å². The molecule has 0 aliphatic carbocycles. The van der Waals surface area contributed by atoms with Crippen molar-refractivity contribution in [3.8, 4) is 17.2 Å². The van der Waals surface area contributed by atoms with Crippen LogP contribution in [0.4, 0.5) is 11.6 Å². The van der Waals surface area contributed by atoms with E-state index >= 15 is 0 Å². The van der Waals surface area contributed by atoms with Crippen LogP contribution in [0.15, 0.2) is 83.2 Å². The molecule has 9 nitrogen and oxygen atoms in total. The largest absolute Gasteiger partial charge is 0.492 e. The monoisotopic (exact) mass is 599 g/mol. The Bertz CT molecular complexity index is 1620. The van der Waals surface area contributed by atoms with E-state index in [0.29, 0.717) is 65.1 Å². The van der Waals surface area contributed by atoms with Gasteiger partial charge in [0.1, 0.15) is 18.4 Å². The maximum Gasteiger partial charge on any atom is 0.255 e. The van der Waals surface area contributed by atoms with Crippen LogP contribution in [-0.2, 0) is 11.4 Å². The molecule has 3 aromatic carbocycles. The van der Waals surface area contributed by atoms with Gasteiger partial charge in [0.25, 0.3) is 5.91 Å². The first-order valence-corrected chi connectivity index (χ1v) is 15.5. The summed E-state index contributed by atoms with van der Waals surface area (Å²) in [6.45, 7) is 11.2. The summed E-state index contributed by atoms with van der Waals surface area (Å²) >= 11 is 1.54. The van der Waals surface area contributed by atoms with Crippen LogP contribution in [-0.4, -0.2) is 39.6 Å². The number of allylic oxidation sites excluding steroid dienone is 1. The second-order valence-corrected chi connectivity index (χ2v) is 11.2. The Labute approximate surface area is 256 Å². The van der Waals surface area contributed by atoms with Crippen molar-refractivity contribution in [2.24, 2.45) is 0 Å². The second kappa shape index (κ2) is 13.7. The third-order valence-electron chi connectivity index (χ3n) is 6.88. The van der Waals surface area contributed by atoms with E-state index in [1.54, 1.807) is 16.4 Å². The van der Waals surface area contributed by atoms with Gasteiger partial charge in [-0.1, -0.05) is 66.7 Å². The highest BCUT2D eigenvalue weighted by atomic mass is 32.2. The van der Waals surface area contributed by atoms with Crippen LogP contribution in [0.5, 0.6) is 17.2 Å². The molecule has 0 fully saturated rings. The molecule has 224 valence electrons. The summed E-state index contributed by atoms with van der Waals surface area (Å²) in [7, 11) is 0. The number of aryl methyl sites for hydroxylation is 1. The van der Waals surface area contributed by atoms with Crippen molar-refractivity contribution in [3.05, 3.63) is 94.7 Å². The van der Waals surface area contributed by atoms with Crippen LogP contribution < -0.4 is 24.8 Å². The fraction of sp³-hybridized carbons (Fsp3) is 0.303. The molecule has 4 aromatic rings. The van der Waals surface area contributed by atoms with Crippen LogP contribution in [0.1, 0.15) is 50.4 Å². The Morgan fingerprint density at radius 2 is 1.67 bits per heavy atom. The zero-order chi connectivity index (χ0) is 30.3. The van der Waals surface area contributed by atoms with Crippen molar-refractivity contribution >= 4 is 29.3 Å². The summed E-state index contributed by atoms with van der Waals surface area (Å²) in [4.78, 5) is 18.7. The molecule has 0 spiro atoms. The Hall–Kier alpha value is -4.44. The van der Waals surface area contributed by atoms with Crippen molar-refractivity contribution in [2.45, 2.75) is 52.4 Å². The second-order valence-electron chi connectivity index (χ2n) is 9.96. The van der Waals surface area contributed by atoms with E-state index in [0.717, 1.165) is 16.9 Å². The van der Waals surface area contributed by atoms with Crippen molar-refractivity contribution < 1.29 is 19.0 Å². The molecule has 1 atom stereocenters. The molecule has 2 heterocycles. The lowest BCUT2D eigenvalue weighted by Crippen LogP contribution is -2.31. The van der Waals surface area contributed by atoms with Gasteiger partial charge in [-0.25, -0.2) is 4.68 Å². The van der Waals surface area contributed by atoms with Gasteiger partial charge in [0, 0.05) is 5.70 Å². The lowest BCUT2D eigenvalue weighted by molar-refractivity contribution is -0.113. The minimum atomic E-state index is -0.570. The predicted molar refractivity (Wildman–Crippen MR) is 170 cm³/mol. The average molecular weight is 600 g/mol. The number of aromatic nitrogens is 3. The number of amides is 1. The van der Waals surface area contributed by atoms with Crippen LogP contribution in [0.25, 0.3) is 0 Å². The number of para-hydroxylation sites is 2. The molecule has 1 amide bonds. The van der Waals surface area contributed by atoms with Gasteiger partial charge in [0.2, 0.25) is 11.1 Å².